The Hall–Kier alpha value is -3.51. The summed E-state index contributed by atoms with van der Waals surface area (Å²) in [7, 11) is 2.03. The second-order valence-corrected chi connectivity index (χ2v) is 10.3. The van der Waals surface area contributed by atoms with Gasteiger partial charge in [-0.05, 0) is 51.1 Å². The minimum Gasteiger partial charge on any atom is -0.462 e. The summed E-state index contributed by atoms with van der Waals surface area (Å²) < 4.78 is 50.8. The van der Waals surface area contributed by atoms with Gasteiger partial charge < -0.3 is 20.3 Å². The zero-order valence-corrected chi connectivity index (χ0v) is 20.9. The Morgan fingerprint density at radius 3 is 2.78 bits per heavy atom. The van der Waals surface area contributed by atoms with Crippen LogP contribution in [0.5, 0.6) is 6.01 Å². The fourth-order valence-electron chi connectivity index (χ4n) is 4.94. The highest BCUT2D eigenvalue weighted by Gasteiger charge is 2.26. The largest absolute Gasteiger partial charge is 0.462 e. The number of likely N-dealkylation sites (tertiary alicyclic amines) is 1. The molecule has 0 aliphatic carbocycles. The van der Waals surface area contributed by atoms with Crippen molar-refractivity contribution >= 4 is 43.4 Å². The highest BCUT2D eigenvalue weighted by Crippen LogP contribution is 2.38. The first-order chi connectivity index (χ1) is 17.9. The van der Waals surface area contributed by atoms with Crippen LogP contribution in [0, 0.1) is 11.6 Å². The molecule has 0 amide bonds. The van der Waals surface area contributed by atoms with Crippen molar-refractivity contribution < 1.29 is 17.9 Å². The number of nitrogens with two attached hydrogens (primary N) is 1. The number of pyridine rings is 1. The predicted molar refractivity (Wildman–Crippen MR) is 137 cm³/mol. The Kier molecular flexibility index (Phi) is 6.07. The molecule has 0 radical (unpaired) electrons. The summed E-state index contributed by atoms with van der Waals surface area (Å²) >= 11 is 0.984. The first kappa shape index (κ1) is 23.9. The molecule has 192 valence electrons. The van der Waals surface area contributed by atoms with Crippen molar-refractivity contribution in [2.24, 2.45) is 0 Å². The van der Waals surface area contributed by atoms with Crippen LogP contribution in [0.15, 0.2) is 30.2 Å². The van der Waals surface area contributed by atoms with Crippen molar-refractivity contribution in [2.45, 2.75) is 25.3 Å². The summed E-state index contributed by atoms with van der Waals surface area (Å²) in [5.41, 5.74) is 6.28. The van der Waals surface area contributed by atoms with Crippen molar-refractivity contribution in [3.8, 4) is 17.3 Å². The van der Waals surface area contributed by atoms with E-state index in [2.05, 4.69) is 24.8 Å². The van der Waals surface area contributed by atoms with Crippen LogP contribution in [-0.2, 0) is 0 Å². The number of aromatic nitrogens is 4. The van der Waals surface area contributed by atoms with Gasteiger partial charge in [0.1, 0.15) is 35.3 Å². The number of rotatable bonds is 5. The first-order valence-electron chi connectivity index (χ1n) is 12.0. The summed E-state index contributed by atoms with van der Waals surface area (Å²) in [5.74, 6) is -1.15. The molecule has 4 aromatic rings. The van der Waals surface area contributed by atoms with Crippen molar-refractivity contribution in [3.05, 3.63) is 41.9 Å². The fraction of sp³-hybridized carbons (Fsp3) is 0.360. The normalized spacial score (nSPS) is 18.6. The van der Waals surface area contributed by atoms with Gasteiger partial charge in [0.25, 0.3) is 0 Å². The number of hydrogen-bond acceptors (Lipinski definition) is 9. The van der Waals surface area contributed by atoms with E-state index < -0.39 is 11.6 Å². The maximum Gasteiger partial charge on any atom is 0.319 e. The lowest BCUT2D eigenvalue weighted by atomic mass is 10.1. The van der Waals surface area contributed by atoms with Gasteiger partial charge in [-0.2, -0.15) is 9.97 Å². The van der Waals surface area contributed by atoms with Crippen molar-refractivity contribution in [1.29, 1.82) is 0 Å². The quantitative estimate of drug-likeness (QED) is 0.399. The molecule has 12 heteroatoms. The summed E-state index contributed by atoms with van der Waals surface area (Å²) in [6.45, 7) is 1.85. The highest BCUT2D eigenvalue weighted by molar-refractivity contribution is 7.22. The zero-order valence-electron chi connectivity index (χ0n) is 20.0. The lowest BCUT2D eigenvalue weighted by molar-refractivity contribution is 0.188. The minimum atomic E-state index is -0.725. The molecule has 1 atom stereocenters. The number of halogens is 3. The number of fused-ring (bicyclic) bond motifs is 2. The van der Waals surface area contributed by atoms with Gasteiger partial charge in [0.2, 0.25) is 0 Å². The molecular weight excluding hydrogens is 503 g/mol. The second kappa shape index (κ2) is 9.42. The van der Waals surface area contributed by atoms with E-state index in [4.69, 9.17) is 10.5 Å². The third-order valence-electron chi connectivity index (χ3n) is 6.89. The van der Waals surface area contributed by atoms with E-state index in [-0.39, 0.29) is 51.0 Å². The molecule has 0 bridgehead atoms. The molecule has 0 saturated carbocycles. The molecule has 3 aromatic heterocycles. The van der Waals surface area contributed by atoms with Crippen LogP contribution >= 0.6 is 11.3 Å². The van der Waals surface area contributed by atoms with Crippen molar-refractivity contribution in [2.75, 3.05) is 43.9 Å². The number of likely N-dealkylation sites (N-methyl/N-ethyl adjacent to an activating group) is 1. The summed E-state index contributed by atoms with van der Waals surface area (Å²) in [6.07, 6.45) is 5.54. The molecule has 1 fully saturated rings. The van der Waals surface area contributed by atoms with Crippen molar-refractivity contribution in [3.63, 3.8) is 0 Å². The van der Waals surface area contributed by atoms with Gasteiger partial charge in [0, 0.05) is 24.3 Å². The predicted octanol–water partition coefficient (Wildman–Crippen LogP) is 4.70. The summed E-state index contributed by atoms with van der Waals surface area (Å²) in [4.78, 5) is 21.4. The Morgan fingerprint density at radius 1 is 1.14 bits per heavy atom. The topological polar surface area (TPSA) is 93.3 Å². The van der Waals surface area contributed by atoms with Gasteiger partial charge in [-0.25, -0.2) is 18.2 Å². The van der Waals surface area contributed by atoms with Crippen LogP contribution in [0.3, 0.4) is 0 Å². The molecular formula is C25H24F3N7OS. The minimum absolute atomic E-state index is 0.0102. The van der Waals surface area contributed by atoms with E-state index in [1.807, 2.05) is 7.05 Å². The van der Waals surface area contributed by atoms with E-state index in [0.717, 1.165) is 30.7 Å². The van der Waals surface area contributed by atoms with E-state index in [1.54, 1.807) is 4.90 Å². The molecule has 1 unspecified atom stereocenters. The Balaban J connectivity index is 1.48. The van der Waals surface area contributed by atoms with Crippen LogP contribution in [0.1, 0.15) is 19.3 Å². The van der Waals surface area contributed by atoms with E-state index >= 15 is 4.39 Å². The maximum atomic E-state index is 16.1. The van der Waals surface area contributed by atoms with Crippen molar-refractivity contribution in [1.82, 2.24) is 24.8 Å². The first-order valence-corrected chi connectivity index (χ1v) is 12.8. The summed E-state index contributed by atoms with van der Waals surface area (Å²) in [5, 5.41) is 0.498. The SMILES string of the molecule is CN1CCCC1COc1nc(N2CCC=C(F)C2)c2cnc(-c3ccc(F)c4sc(N)nc34)c(F)c2n1. The third-order valence-corrected chi connectivity index (χ3v) is 7.79. The lowest BCUT2D eigenvalue weighted by Gasteiger charge is -2.27. The van der Waals surface area contributed by atoms with Gasteiger partial charge in [-0.3, -0.25) is 4.98 Å². The number of nitrogen functional groups attached to an aromatic ring is 1. The molecule has 2 aliphatic rings. The fourth-order valence-corrected chi connectivity index (χ4v) is 5.71. The van der Waals surface area contributed by atoms with E-state index in [9.17, 15) is 8.78 Å². The Labute approximate surface area is 214 Å². The number of thiazole rings is 1. The van der Waals surface area contributed by atoms with Gasteiger partial charge >= 0.3 is 6.01 Å². The lowest BCUT2D eigenvalue weighted by Crippen LogP contribution is -2.32. The molecule has 2 N–H and O–H groups in total. The van der Waals surface area contributed by atoms with Gasteiger partial charge in [-0.1, -0.05) is 11.3 Å². The highest BCUT2D eigenvalue weighted by atomic mass is 32.1. The third kappa shape index (κ3) is 4.33. The molecule has 1 aromatic carbocycles. The van der Waals surface area contributed by atoms with Gasteiger partial charge in [0.05, 0.1) is 22.1 Å². The Bertz CT molecular complexity index is 1540. The Morgan fingerprint density at radius 2 is 2.00 bits per heavy atom. The van der Waals surface area contributed by atoms with Gasteiger partial charge in [-0.15, -0.1) is 0 Å². The maximum absolute atomic E-state index is 16.1. The molecule has 6 rings (SSSR count). The zero-order chi connectivity index (χ0) is 25.7. The average Bonchev–Trinajstić information content (AvgIpc) is 3.48. The second-order valence-electron chi connectivity index (χ2n) is 9.29. The standard InChI is InChI=1S/C25H24F3N7OS/c1-34-8-3-5-14(34)12-36-25-32-20-16(23(33-25)35-9-2-4-13(26)11-35)10-30-19(18(20)28)15-6-7-17(27)22-21(15)31-24(29)37-22/h4,6-7,10,14H,2-3,5,8-9,11-12H2,1H3,(H2,29,31). The van der Waals surface area contributed by atoms with Crippen LogP contribution in [0.2, 0.25) is 0 Å². The smallest absolute Gasteiger partial charge is 0.319 e. The van der Waals surface area contributed by atoms with E-state index in [0.29, 0.717) is 36.3 Å². The number of ether oxygens (including phenoxy) is 1. The number of anilines is 2. The number of hydrogen-bond donors (Lipinski definition) is 1. The number of benzene rings is 1. The van der Waals surface area contributed by atoms with E-state index in [1.165, 1.54) is 24.4 Å². The van der Waals surface area contributed by atoms with Crippen LogP contribution < -0.4 is 15.4 Å². The average molecular weight is 528 g/mol. The molecule has 2 aliphatic heterocycles. The van der Waals surface area contributed by atoms with Crippen LogP contribution in [0.4, 0.5) is 24.1 Å². The van der Waals surface area contributed by atoms with Gasteiger partial charge in [0.15, 0.2) is 10.9 Å². The molecule has 37 heavy (non-hydrogen) atoms. The monoisotopic (exact) mass is 527 g/mol. The van der Waals surface area contributed by atoms with Crippen LogP contribution in [-0.4, -0.2) is 64.2 Å². The van der Waals surface area contributed by atoms with Crippen LogP contribution in [0.25, 0.3) is 32.4 Å². The molecule has 1 saturated heterocycles. The molecule has 5 heterocycles. The molecule has 8 nitrogen and oxygen atoms in total. The summed E-state index contributed by atoms with van der Waals surface area (Å²) in [6, 6.07) is 2.88. The number of nitrogens with zero attached hydrogens (tertiary/aromatic N) is 6. The molecule has 0 spiro atoms.